The molecule has 5 heteroatoms. The van der Waals surface area contributed by atoms with Crippen molar-refractivity contribution >= 4 is 5.82 Å². The van der Waals surface area contributed by atoms with E-state index in [0.29, 0.717) is 5.69 Å². The first-order valence-electron chi connectivity index (χ1n) is 6.42. The molecule has 0 spiro atoms. The van der Waals surface area contributed by atoms with Gasteiger partial charge in [-0.1, -0.05) is 6.07 Å². The van der Waals surface area contributed by atoms with Crippen LogP contribution in [0, 0.1) is 11.3 Å². The zero-order valence-electron chi connectivity index (χ0n) is 10.5. The van der Waals surface area contributed by atoms with Crippen molar-refractivity contribution in [1.29, 1.82) is 5.26 Å². The summed E-state index contributed by atoms with van der Waals surface area (Å²) >= 11 is 0. The molecule has 1 aliphatic heterocycles. The van der Waals surface area contributed by atoms with Gasteiger partial charge in [0.2, 0.25) is 0 Å². The quantitative estimate of drug-likeness (QED) is 0.746. The van der Waals surface area contributed by atoms with Crippen LogP contribution in [-0.2, 0) is 0 Å². The minimum Gasteiger partial charge on any atom is -0.370 e. The Morgan fingerprint density at radius 1 is 1.39 bits per heavy atom. The van der Waals surface area contributed by atoms with Crippen LogP contribution >= 0.6 is 0 Å². The number of nitrogens with zero attached hydrogens (tertiary/aromatic N) is 3. The van der Waals surface area contributed by atoms with Crippen molar-refractivity contribution < 1.29 is 0 Å². The number of hydrogen-bond acceptors (Lipinski definition) is 5. The minimum absolute atomic E-state index is 0.460. The maximum absolute atomic E-state index is 8.75. The SMILES string of the molecule is N#Cc1cccc(NCCCN2CCNCC2)n1. The first-order chi connectivity index (χ1) is 8.88. The molecule has 0 radical (unpaired) electrons. The van der Waals surface area contributed by atoms with Gasteiger partial charge in [0.05, 0.1) is 0 Å². The highest BCUT2D eigenvalue weighted by Gasteiger charge is 2.08. The molecule has 1 fully saturated rings. The number of piperazine rings is 1. The number of rotatable bonds is 5. The summed E-state index contributed by atoms with van der Waals surface area (Å²) in [4.78, 5) is 6.65. The van der Waals surface area contributed by atoms with E-state index in [4.69, 9.17) is 5.26 Å². The van der Waals surface area contributed by atoms with Gasteiger partial charge < -0.3 is 15.5 Å². The summed E-state index contributed by atoms with van der Waals surface area (Å²) in [5, 5.41) is 15.4. The summed E-state index contributed by atoms with van der Waals surface area (Å²) in [6.07, 6.45) is 1.10. The van der Waals surface area contributed by atoms with Crippen molar-refractivity contribution in [2.45, 2.75) is 6.42 Å². The average molecular weight is 245 g/mol. The lowest BCUT2D eigenvalue weighted by Gasteiger charge is -2.27. The average Bonchev–Trinajstić information content (AvgIpc) is 2.45. The molecule has 0 aromatic carbocycles. The molecule has 18 heavy (non-hydrogen) atoms. The molecule has 2 heterocycles. The van der Waals surface area contributed by atoms with Crippen LogP contribution in [0.25, 0.3) is 0 Å². The van der Waals surface area contributed by atoms with E-state index in [-0.39, 0.29) is 0 Å². The number of anilines is 1. The molecule has 0 bridgehead atoms. The van der Waals surface area contributed by atoms with E-state index in [9.17, 15) is 0 Å². The highest BCUT2D eigenvalue weighted by atomic mass is 15.2. The van der Waals surface area contributed by atoms with E-state index in [1.807, 2.05) is 18.2 Å². The van der Waals surface area contributed by atoms with Crippen LogP contribution in [0.1, 0.15) is 12.1 Å². The van der Waals surface area contributed by atoms with E-state index < -0.39 is 0 Å². The van der Waals surface area contributed by atoms with Crippen molar-refractivity contribution in [3.63, 3.8) is 0 Å². The van der Waals surface area contributed by atoms with E-state index in [0.717, 1.165) is 51.5 Å². The molecule has 1 aliphatic rings. The van der Waals surface area contributed by atoms with Gasteiger partial charge in [-0.15, -0.1) is 0 Å². The van der Waals surface area contributed by atoms with Gasteiger partial charge in [0.15, 0.2) is 0 Å². The Labute approximate surface area is 108 Å². The van der Waals surface area contributed by atoms with Gasteiger partial charge >= 0.3 is 0 Å². The summed E-state index contributed by atoms with van der Waals surface area (Å²) in [6.45, 7) is 6.49. The Morgan fingerprint density at radius 3 is 3.00 bits per heavy atom. The van der Waals surface area contributed by atoms with Crippen LogP contribution in [0.2, 0.25) is 0 Å². The molecular weight excluding hydrogens is 226 g/mol. The standard InChI is InChI=1S/C13H19N5/c14-11-12-3-1-4-13(17-12)16-5-2-8-18-9-6-15-7-10-18/h1,3-4,15H,2,5-10H2,(H,16,17). The molecule has 1 aromatic rings. The van der Waals surface area contributed by atoms with E-state index in [1.165, 1.54) is 0 Å². The number of nitrogens with one attached hydrogen (secondary N) is 2. The summed E-state index contributed by atoms with van der Waals surface area (Å²) in [7, 11) is 0. The molecule has 0 atom stereocenters. The number of aromatic nitrogens is 1. The van der Waals surface area contributed by atoms with Gasteiger partial charge in [-0.3, -0.25) is 0 Å². The predicted octanol–water partition coefficient (Wildman–Crippen LogP) is 0.660. The van der Waals surface area contributed by atoms with Gasteiger partial charge in [-0.25, -0.2) is 4.98 Å². The van der Waals surface area contributed by atoms with Gasteiger partial charge in [0.1, 0.15) is 17.6 Å². The lowest BCUT2D eigenvalue weighted by Crippen LogP contribution is -2.44. The summed E-state index contributed by atoms with van der Waals surface area (Å²) in [6, 6.07) is 7.50. The molecule has 2 N–H and O–H groups in total. The van der Waals surface area contributed by atoms with Gasteiger partial charge in [-0.2, -0.15) is 5.26 Å². The van der Waals surface area contributed by atoms with Crippen molar-refractivity contribution in [3.8, 4) is 6.07 Å². The largest absolute Gasteiger partial charge is 0.370 e. The molecule has 96 valence electrons. The van der Waals surface area contributed by atoms with Crippen molar-refractivity contribution in [2.24, 2.45) is 0 Å². The van der Waals surface area contributed by atoms with Crippen LogP contribution in [0.3, 0.4) is 0 Å². The highest BCUT2D eigenvalue weighted by Crippen LogP contribution is 2.04. The highest BCUT2D eigenvalue weighted by molar-refractivity contribution is 5.38. The van der Waals surface area contributed by atoms with E-state index in [2.05, 4.69) is 20.5 Å². The van der Waals surface area contributed by atoms with Crippen molar-refractivity contribution in [1.82, 2.24) is 15.2 Å². The second kappa shape index (κ2) is 6.94. The van der Waals surface area contributed by atoms with Gasteiger partial charge in [0.25, 0.3) is 0 Å². The Hall–Kier alpha value is -1.64. The normalized spacial score (nSPS) is 16.2. The lowest BCUT2D eigenvalue weighted by molar-refractivity contribution is 0.240. The van der Waals surface area contributed by atoms with E-state index in [1.54, 1.807) is 6.07 Å². The predicted molar refractivity (Wildman–Crippen MR) is 71.4 cm³/mol. The molecule has 0 amide bonds. The maximum Gasteiger partial charge on any atom is 0.142 e. The number of hydrogen-bond donors (Lipinski definition) is 2. The van der Waals surface area contributed by atoms with Crippen molar-refractivity contribution in [3.05, 3.63) is 23.9 Å². The molecule has 0 unspecified atom stereocenters. The fraction of sp³-hybridized carbons (Fsp3) is 0.538. The third-order valence-electron chi connectivity index (χ3n) is 3.03. The molecule has 2 rings (SSSR count). The van der Waals surface area contributed by atoms with Crippen molar-refractivity contribution in [2.75, 3.05) is 44.6 Å². The lowest BCUT2D eigenvalue weighted by atomic mass is 10.3. The second-order valence-corrected chi connectivity index (χ2v) is 4.39. The second-order valence-electron chi connectivity index (χ2n) is 4.39. The van der Waals surface area contributed by atoms with Crippen LogP contribution in [0.5, 0.6) is 0 Å². The number of nitriles is 1. The van der Waals surface area contributed by atoms with Crippen LogP contribution in [0.4, 0.5) is 5.82 Å². The molecule has 0 aliphatic carbocycles. The third-order valence-corrected chi connectivity index (χ3v) is 3.03. The zero-order chi connectivity index (χ0) is 12.6. The molecule has 1 aromatic heterocycles. The van der Waals surface area contributed by atoms with Gasteiger partial charge in [-0.05, 0) is 25.1 Å². The Balaban J connectivity index is 1.67. The van der Waals surface area contributed by atoms with Crippen LogP contribution in [-0.4, -0.2) is 49.2 Å². The van der Waals surface area contributed by atoms with Crippen LogP contribution < -0.4 is 10.6 Å². The number of pyridine rings is 1. The summed E-state index contributed by atoms with van der Waals surface area (Å²) in [5.74, 6) is 0.786. The first kappa shape index (κ1) is 12.8. The topological polar surface area (TPSA) is 64.0 Å². The molecular formula is C13H19N5. The molecule has 0 saturated carbocycles. The fourth-order valence-electron chi connectivity index (χ4n) is 2.05. The van der Waals surface area contributed by atoms with Crippen LogP contribution in [0.15, 0.2) is 18.2 Å². The monoisotopic (exact) mass is 245 g/mol. The fourth-order valence-corrected chi connectivity index (χ4v) is 2.05. The molecule has 5 nitrogen and oxygen atoms in total. The smallest absolute Gasteiger partial charge is 0.142 e. The summed E-state index contributed by atoms with van der Waals surface area (Å²) in [5.41, 5.74) is 0.460. The molecule has 1 saturated heterocycles. The Bertz CT molecular complexity index is 406. The first-order valence-corrected chi connectivity index (χ1v) is 6.42. The third kappa shape index (κ3) is 3.99. The maximum atomic E-state index is 8.75. The summed E-state index contributed by atoms with van der Waals surface area (Å²) < 4.78 is 0. The zero-order valence-corrected chi connectivity index (χ0v) is 10.5. The van der Waals surface area contributed by atoms with Gasteiger partial charge in [0, 0.05) is 32.7 Å². The Morgan fingerprint density at radius 2 is 2.22 bits per heavy atom. The van der Waals surface area contributed by atoms with E-state index >= 15 is 0 Å². The minimum atomic E-state index is 0.460. The Kier molecular flexibility index (Phi) is 4.94.